The van der Waals surface area contributed by atoms with Crippen LogP contribution in [0.1, 0.15) is 35.3 Å². The van der Waals surface area contributed by atoms with Crippen LogP contribution in [0.3, 0.4) is 0 Å². The van der Waals surface area contributed by atoms with Crippen LogP contribution in [0.15, 0.2) is 30.3 Å². The van der Waals surface area contributed by atoms with E-state index in [0.717, 1.165) is 34.6 Å². The molecule has 2 heterocycles. The minimum absolute atomic E-state index is 0.0438. The van der Waals surface area contributed by atoms with Gasteiger partial charge in [0.1, 0.15) is 35.2 Å². The maximum Gasteiger partial charge on any atom is 0.133 e. The highest BCUT2D eigenvalue weighted by molar-refractivity contribution is 5.54. The van der Waals surface area contributed by atoms with E-state index in [2.05, 4.69) is 0 Å². The average Bonchev–Trinajstić information content (AvgIpc) is 2.48. The van der Waals surface area contributed by atoms with E-state index >= 15 is 0 Å². The molecule has 2 bridgehead atoms. The molecular weight excluding hydrogens is 268 g/mol. The summed E-state index contributed by atoms with van der Waals surface area (Å²) in [5.41, 5.74) is 3.02. The van der Waals surface area contributed by atoms with E-state index in [1.807, 2.05) is 25.1 Å². The lowest BCUT2D eigenvalue weighted by molar-refractivity contribution is 0.0523. The van der Waals surface area contributed by atoms with E-state index in [-0.39, 0.29) is 18.0 Å². The molecule has 108 valence electrons. The number of aromatic hydroxyl groups is 1. The molecule has 4 heteroatoms. The molecule has 2 atom stereocenters. The summed E-state index contributed by atoms with van der Waals surface area (Å²) in [6, 6.07) is 9.13. The van der Waals surface area contributed by atoms with Crippen LogP contribution in [0.25, 0.3) is 0 Å². The topological polar surface area (TPSA) is 47.9 Å². The molecule has 2 aromatic carbocycles. The van der Waals surface area contributed by atoms with Crippen LogP contribution in [-0.2, 0) is 0 Å². The molecule has 0 amide bonds. The van der Waals surface area contributed by atoms with Crippen molar-refractivity contribution in [1.82, 2.24) is 0 Å². The van der Waals surface area contributed by atoms with Gasteiger partial charge in [-0.05, 0) is 31.2 Å². The third-order valence-electron chi connectivity index (χ3n) is 4.25. The molecule has 2 aliphatic heterocycles. The SMILES string of the molecule is COc1ccc2c(c1C)OC1CC2Oc2cc(O)ccc21. The quantitative estimate of drug-likeness (QED) is 0.868. The zero-order valence-corrected chi connectivity index (χ0v) is 11.9. The molecule has 0 saturated carbocycles. The van der Waals surface area contributed by atoms with Crippen LogP contribution in [-0.4, -0.2) is 12.2 Å². The summed E-state index contributed by atoms with van der Waals surface area (Å²) in [5.74, 6) is 2.59. The van der Waals surface area contributed by atoms with Crippen molar-refractivity contribution in [2.45, 2.75) is 25.6 Å². The van der Waals surface area contributed by atoms with Gasteiger partial charge in [-0.15, -0.1) is 0 Å². The predicted octanol–water partition coefficient (Wildman–Crippen LogP) is 3.67. The number of methoxy groups -OCH3 is 1. The predicted molar refractivity (Wildman–Crippen MR) is 77.2 cm³/mol. The van der Waals surface area contributed by atoms with Gasteiger partial charge < -0.3 is 19.3 Å². The molecule has 2 aliphatic rings. The summed E-state index contributed by atoms with van der Waals surface area (Å²) < 4.78 is 17.6. The molecule has 0 saturated heterocycles. The zero-order chi connectivity index (χ0) is 14.6. The highest BCUT2D eigenvalue weighted by Crippen LogP contribution is 2.51. The van der Waals surface area contributed by atoms with Crippen LogP contribution in [0.4, 0.5) is 0 Å². The first-order chi connectivity index (χ1) is 10.2. The molecule has 21 heavy (non-hydrogen) atoms. The Morgan fingerprint density at radius 2 is 1.86 bits per heavy atom. The fraction of sp³-hybridized carbons (Fsp3) is 0.294. The van der Waals surface area contributed by atoms with Gasteiger partial charge in [-0.1, -0.05) is 0 Å². The van der Waals surface area contributed by atoms with E-state index in [1.165, 1.54) is 0 Å². The molecule has 4 rings (SSSR count). The lowest BCUT2D eigenvalue weighted by atomic mass is 9.90. The molecule has 0 aromatic heterocycles. The minimum Gasteiger partial charge on any atom is -0.508 e. The molecule has 0 fully saturated rings. The van der Waals surface area contributed by atoms with Gasteiger partial charge in [0, 0.05) is 29.2 Å². The van der Waals surface area contributed by atoms with Gasteiger partial charge in [0.05, 0.1) is 7.11 Å². The van der Waals surface area contributed by atoms with Gasteiger partial charge in [-0.3, -0.25) is 0 Å². The Hall–Kier alpha value is -2.36. The first-order valence-corrected chi connectivity index (χ1v) is 7.01. The maximum atomic E-state index is 9.62. The summed E-state index contributed by atoms with van der Waals surface area (Å²) >= 11 is 0. The second-order valence-electron chi connectivity index (χ2n) is 5.48. The number of phenols is 1. The Bertz CT molecular complexity index is 723. The number of rotatable bonds is 1. The second kappa shape index (κ2) is 4.32. The summed E-state index contributed by atoms with van der Waals surface area (Å²) in [4.78, 5) is 0. The summed E-state index contributed by atoms with van der Waals surface area (Å²) in [6.07, 6.45) is 0.701. The van der Waals surface area contributed by atoms with Crippen molar-refractivity contribution in [3.05, 3.63) is 47.0 Å². The maximum absolute atomic E-state index is 9.62. The third-order valence-corrected chi connectivity index (χ3v) is 4.25. The largest absolute Gasteiger partial charge is 0.508 e. The van der Waals surface area contributed by atoms with Crippen molar-refractivity contribution in [2.24, 2.45) is 0 Å². The smallest absolute Gasteiger partial charge is 0.133 e. The van der Waals surface area contributed by atoms with Gasteiger partial charge in [-0.2, -0.15) is 0 Å². The summed E-state index contributed by atoms with van der Waals surface area (Å²) in [7, 11) is 1.66. The van der Waals surface area contributed by atoms with Gasteiger partial charge in [0.15, 0.2) is 0 Å². The number of fused-ring (bicyclic) bond motifs is 6. The number of hydrogen-bond donors (Lipinski definition) is 1. The fourth-order valence-corrected chi connectivity index (χ4v) is 3.18. The van der Waals surface area contributed by atoms with Gasteiger partial charge >= 0.3 is 0 Å². The first kappa shape index (κ1) is 12.4. The lowest BCUT2D eigenvalue weighted by Crippen LogP contribution is -2.28. The van der Waals surface area contributed by atoms with Crippen molar-refractivity contribution in [1.29, 1.82) is 0 Å². The number of hydrogen-bond acceptors (Lipinski definition) is 4. The highest BCUT2D eigenvalue weighted by atomic mass is 16.5. The van der Waals surface area contributed by atoms with E-state index in [0.29, 0.717) is 5.75 Å². The van der Waals surface area contributed by atoms with E-state index in [4.69, 9.17) is 14.2 Å². The van der Waals surface area contributed by atoms with Crippen LogP contribution in [0.5, 0.6) is 23.0 Å². The Labute approximate surface area is 122 Å². The summed E-state index contributed by atoms with van der Waals surface area (Å²) in [5, 5.41) is 9.62. The highest BCUT2D eigenvalue weighted by Gasteiger charge is 2.38. The zero-order valence-electron chi connectivity index (χ0n) is 11.9. The molecule has 0 radical (unpaired) electrons. The summed E-state index contributed by atoms with van der Waals surface area (Å²) in [6.45, 7) is 2.00. The number of phenolic OH excluding ortho intramolecular Hbond substituents is 1. The monoisotopic (exact) mass is 284 g/mol. The van der Waals surface area contributed by atoms with E-state index in [9.17, 15) is 5.11 Å². The number of benzene rings is 2. The normalized spacial score (nSPS) is 21.6. The van der Waals surface area contributed by atoms with Crippen LogP contribution in [0, 0.1) is 6.92 Å². The Morgan fingerprint density at radius 1 is 1.10 bits per heavy atom. The van der Waals surface area contributed by atoms with Gasteiger partial charge in [0.2, 0.25) is 0 Å². The number of ether oxygens (including phenoxy) is 3. The molecular formula is C17H16O4. The van der Waals surface area contributed by atoms with E-state index < -0.39 is 0 Å². The van der Waals surface area contributed by atoms with Crippen molar-refractivity contribution in [3.63, 3.8) is 0 Å². The third kappa shape index (κ3) is 1.75. The molecule has 0 aliphatic carbocycles. The van der Waals surface area contributed by atoms with Gasteiger partial charge in [-0.25, -0.2) is 0 Å². The van der Waals surface area contributed by atoms with Crippen molar-refractivity contribution in [2.75, 3.05) is 7.11 Å². The van der Waals surface area contributed by atoms with Crippen LogP contribution >= 0.6 is 0 Å². The lowest BCUT2D eigenvalue weighted by Gasteiger charge is -2.38. The molecule has 0 spiro atoms. The Morgan fingerprint density at radius 3 is 2.67 bits per heavy atom. The molecule has 2 unspecified atom stereocenters. The van der Waals surface area contributed by atoms with Crippen molar-refractivity contribution in [3.8, 4) is 23.0 Å². The Balaban J connectivity index is 1.83. The van der Waals surface area contributed by atoms with Crippen LogP contribution in [0.2, 0.25) is 0 Å². The second-order valence-corrected chi connectivity index (χ2v) is 5.48. The first-order valence-electron chi connectivity index (χ1n) is 7.01. The van der Waals surface area contributed by atoms with Crippen molar-refractivity contribution >= 4 is 0 Å². The standard InChI is InChI=1S/C17H16O4/c1-9-13(19-2)6-5-12-16-8-15(21-17(9)12)11-4-3-10(18)7-14(11)20-16/h3-7,15-16,18H,8H2,1-2H3. The molecule has 4 nitrogen and oxygen atoms in total. The van der Waals surface area contributed by atoms with Crippen molar-refractivity contribution < 1.29 is 19.3 Å². The molecule has 1 N–H and O–H groups in total. The fourth-order valence-electron chi connectivity index (χ4n) is 3.18. The Kier molecular flexibility index (Phi) is 2.55. The molecule has 2 aromatic rings. The van der Waals surface area contributed by atoms with Gasteiger partial charge in [0.25, 0.3) is 0 Å². The minimum atomic E-state index is -0.0438. The van der Waals surface area contributed by atoms with E-state index in [1.54, 1.807) is 19.2 Å². The average molecular weight is 284 g/mol. The van der Waals surface area contributed by atoms with Crippen LogP contribution < -0.4 is 14.2 Å².